The molecule has 1 heterocycles. The smallest absolute Gasteiger partial charge is 0.295 e. The second-order valence-electron chi connectivity index (χ2n) is 10.2. The molecule has 0 bridgehead atoms. The van der Waals surface area contributed by atoms with E-state index in [0.29, 0.717) is 22.6 Å². The summed E-state index contributed by atoms with van der Waals surface area (Å²) in [6.45, 7) is 1.78. The number of benzene rings is 4. The van der Waals surface area contributed by atoms with Crippen LogP contribution in [-0.2, 0) is 16.6 Å². The molecule has 5 rings (SSSR count). The van der Waals surface area contributed by atoms with Crippen LogP contribution in [-0.4, -0.2) is 32.8 Å². The summed E-state index contributed by atoms with van der Waals surface area (Å²) in [6, 6.07) is 32.2. The average molecular weight is 697 g/mol. The van der Waals surface area contributed by atoms with Gasteiger partial charge < -0.3 is 16.0 Å². The Morgan fingerprint density at radius 1 is 0.848 bits per heavy atom. The lowest BCUT2D eigenvalue weighted by Crippen LogP contribution is -2.30. The van der Waals surface area contributed by atoms with Crippen LogP contribution in [0.15, 0.2) is 129 Å². The second kappa shape index (κ2) is 14.8. The monoisotopic (exact) mass is 695 g/mol. The minimum Gasteiger partial charge on any atom is -0.321 e. The minimum absolute atomic E-state index is 0.0400. The van der Waals surface area contributed by atoms with E-state index in [4.69, 9.17) is 0 Å². The summed E-state index contributed by atoms with van der Waals surface area (Å²) in [4.78, 5) is 53.1. The van der Waals surface area contributed by atoms with Crippen LogP contribution in [0.4, 0.5) is 11.4 Å². The number of thioether (sulfide) groups is 1. The van der Waals surface area contributed by atoms with Crippen LogP contribution >= 0.6 is 27.7 Å². The van der Waals surface area contributed by atoms with Crippen LogP contribution in [0.1, 0.15) is 21.6 Å². The molecule has 5 aromatic rings. The maximum atomic E-state index is 13.4. The van der Waals surface area contributed by atoms with Crippen molar-refractivity contribution < 1.29 is 14.4 Å². The Labute approximate surface area is 278 Å². The van der Waals surface area contributed by atoms with E-state index in [1.165, 1.54) is 16.4 Å². The minimum atomic E-state index is -0.513. The summed E-state index contributed by atoms with van der Waals surface area (Å²) in [5.41, 5.74) is 2.91. The standard InChI is InChI=1S/C35H30BrN5O4S/c1-23-32(35(45)41(40(23)2)28-13-7-4-8-14-28)39-31(42)22-46-29-15-9-12-27(21-29)37-34(44)30(20-24-16-18-26(36)19-17-24)38-33(43)25-10-5-3-6-11-25/h3-21H,22H2,1-2H3,(H,37,44)(H,38,43)(H,39,42)/b30-20+. The van der Waals surface area contributed by atoms with E-state index < -0.39 is 11.8 Å². The zero-order valence-electron chi connectivity index (χ0n) is 25.0. The molecule has 0 fully saturated rings. The van der Waals surface area contributed by atoms with Crippen LogP contribution in [0.3, 0.4) is 0 Å². The van der Waals surface area contributed by atoms with Crippen LogP contribution in [0, 0.1) is 6.92 Å². The summed E-state index contributed by atoms with van der Waals surface area (Å²) < 4.78 is 4.09. The molecular formula is C35H30BrN5O4S. The van der Waals surface area contributed by atoms with Gasteiger partial charge in [-0.2, -0.15) is 0 Å². The maximum Gasteiger partial charge on any atom is 0.295 e. The number of halogens is 1. The lowest BCUT2D eigenvalue weighted by molar-refractivity contribution is -0.114. The molecule has 0 saturated heterocycles. The number of hydrogen-bond donors (Lipinski definition) is 3. The van der Waals surface area contributed by atoms with Crippen molar-refractivity contribution in [2.75, 3.05) is 16.4 Å². The lowest BCUT2D eigenvalue weighted by atomic mass is 10.1. The first-order valence-corrected chi connectivity index (χ1v) is 16.0. The molecular weight excluding hydrogens is 666 g/mol. The quantitative estimate of drug-likeness (QED) is 0.116. The number of carbonyl (C=O) groups is 3. The Bertz CT molecular complexity index is 1970. The highest BCUT2D eigenvalue weighted by molar-refractivity contribution is 9.10. The van der Waals surface area contributed by atoms with Crippen molar-refractivity contribution in [2.45, 2.75) is 11.8 Å². The van der Waals surface area contributed by atoms with Gasteiger partial charge in [-0.3, -0.25) is 23.9 Å². The number of carbonyl (C=O) groups excluding carboxylic acids is 3. The molecule has 232 valence electrons. The number of hydrogen-bond acceptors (Lipinski definition) is 5. The highest BCUT2D eigenvalue weighted by Crippen LogP contribution is 2.23. The third-order valence-corrected chi connectivity index (χ3v) is 8.51. The summed E-state index contributed by atoms with van der Waals surface area (Å²) in [7, 11) is 1.76. The molecule has 0 aliphatic carbocycles. The maximum absolute atomic E-state index is 13.4. The van der Waals surface area contributed by atoms with Crippen molar-refractivity contribution in [2.24, 2.45) is 7.05 Å². The Balaban J connectivity index is 1.27. The molecule has 3 N–H and O–H groups in total. The largest absolute Gasteiger partial charge is 0.321 e. The van der Waals surface area contributed by atoms with E-state index in [0.717, 1.165) is 14.9 Å². The van der Waals surface area contributed by atoms with Crippen LogP contribution in [0.5, 0.6) is 0 Å². The highest BCUT2D eigenvalue weighted by atomic mass is 79.9. The normalized spacial score (nSPS) is 11.2. The molecule has 0 aliphatic heterocycles. The molecule has 3 amide bonds. The van der Waals surface area contributed by atoms with Crippen molar-refractivity contribution in [1.82, 2.24) is 14.7 Å². The molecule has 11 heteroatoms. The fourth-order valence-electron chi connectivity index (χ4n) is 4.57. The zero-order valence-corrected chi connectivity index (χ0v) is 27.4. The number of aromatic nitrogens is 2. The Hall–Kier alpha value is -5.13. The molecule has 1 aromatic heterocycles. The van der Waals surface area contributed by atoms with Gasteiger partial charge >= 0.3 is 0 Å². The summed E-state index contributed by atoms with van der Waals surface area (Å²) in [5.74, 6) is -1.23. The number of nitrogens with one attached hydrogen (secondary N) is 3. The fraction of sp³-hybridized carbons (Fsp3) is 0.0857. The Morgan fingerprint density at radius 2 is 1.52 bits per heavy atom. The molecule has 46 heavy (non-hydrogen) atoms. The van der Waals surface area contributed by atoms with Gasteiger partial charge in [-0.15, -0.1) is 11.8 Å². The molecule has 0 saturated carbocycles. The fourth-order valence-corrected chi connectivity index (χ4v) is 5.59. The van der Waals surface area contributed by atoms with Gasteiger partial charge in [-0.25, -0.2) is 4.68 Å². The topological polar surface area (TPSA) is 114 Å². The first-order chi connectivity index (χ1) is 22.2. The SMILES string of the molecule is Cc1c(NC(=O)CSc2cccc(NC(=O)/C(=C\c3ccc(Br)cc3)NC(=O)c3ccccc3)c2)c(=O)n(-c2ccccc2)n1C. The van der Waals surface area contributed by atoms with Gasteiger partial charge in [0.05, 0.1) is 17.1 Å². The van der Waals surface area contributed by atoms with Gasteiger partial charge in [0.15, 0.2) is 0 Å². The first-order valence-electron chi connectivity index (χ1n) is 14.2. The summed E-state index contributed by atoms with van der Waals surface area (Å²) in [6.07, 6.45) is 1.60. The van der Waals surface area contributed by atoms with E-state index in [-0.39, 0.29) is 28.6 Å². The van der Waals surface area contributed by atoms with Crippen molar-refractivity contribution in [3.05, 3.63) is 147 Å². The number of amides is 3. The Kier molecular flexibility index (Phi) is 10.4. The number of anilines is 2. The van der Waals surface area contributed by atoms with Crippen LogP contribution in [0.25, 0.3) is 11.8 Å². The highest BCUT2D eigenvalue weighted by Gasteiger charge is 2.19. The number of para-hydroxylation sites is 1. The van der Waals surface area contributed by atoms with Gasteiger partial charge in [-0.05, 0) is 73.2 Å². The molecule has 9 nitrogen and oxygen atoms in total. The molecule has 0 spiro atoms. The summed E-state index contributed by atoms with van der Waals surface area (Å²) >= 11 is 4.67. The third kappa shape index (κ3) is 7.92. The van der Waals surface area contributed by atoms with Crippen molar-refractivity contribution in [3.8, 4) is 5.69 Å². The molecule has 0 aliphatic rings. The second-order valence-corrected chi connectivity index (χ2v) is 12.1. The number of rotatable bonds is 10. The lowest BCUT2D eigenvalue weighted by Gasteiger charge is -2.12. The van der Waals surface area contributed by atoms with Crippen molar-refractivity contribution in [1.29, 1.82) is 0 Å². The predicted octanol–water partition coefficient (Wildman–Crippen LogP) is 6.39. The average Bonchev–Trinajstić information content (AvgIpc) is 3.28. The van der Waals surface area contributed by atoms with Crippen LogP contribution in [0.2, 0.25) is 0 Å². The van der Waals surface area contributed by atoms with Crippen LogP contribution < -0.4 is 21.5 Å². The predicted molar refractivity (Wildman–Crippen MR) is 186 cm³/mol. The van der Waals surface area contributed by atoms with Gasteiger partial charge in [0.2, 0.25) is 5.91 Å². The zero-order chi connectivity index (χ0) is 32.6. The van der Waals surface area contributed by atoms with E-state index in [9.17, 15) is 19.2 Å². The van der Waals surface area contributed by atoms with Gasteiger partial charge in [-0.1, -0.05) is 70.5 Å². The van der Waals surface area contributed by atoms with Crippen molar-refractivity contribution in [3.63, 3.8) is 0 Å². The van der Waals surface area contributed by atoms with E-state index in [2.05, 4.69) is 31.9 Å². The van der Waals surface area contributed by atoms with E-state index in [1.807, 2.05) is 60.7 Å². The number of nitrogens with zero attached hydrogens (tertiary/aromatic N) is 2. The van der Waals surface area contributed by atoms with Gasteiger partial charge in [0.1, 0.15) is 11.4 Å². The first kappa shape index (κ1) is 32.3. The van der Waals surface area contributed by atoms with E-state index >= 15 is 0 Å². The van der Waals surface area contributed by atoms with Crippen molar-refractivity contribution >= 4 is 62.9 Å². The molecule has 4 aromatic carbocycles. The third-order valence-electron chi connectivity index (χ3n) is 6.99. The summed E-state index contributed by atoms with van der Waals surface area (Å²) in [5, 5.41) is 8.34. The molecule has 0 radical (unpaired) electrons. The molecule has 0 unspecified atom stereocenters. The van der Waals surface area contributed by atoms with E-state index in [1.54, 1.807) is 73.3 Å². The van der Waals surface area contributed by atoms with Gasteiger partial charge in [0.25, 0.3) is 17.4 Å². The van der Waals surface area contributed by atoms with Gasteiger partial charge in [0, 0.05) is 27.7 Å². The molecule has 0 atom stereocenters. The Morgan fingerprint density at radius 3 is 2.22 bits per heavy atom.